The van der Waals surface area contributed by atoms with Gasteiger partial charge in [-0.2, -0.15) is 0 Å². The van der Waals surface area contributed by atoms with Crippen LogP contribution in [0.2, 0.25) is 0 Å². The molecule has 0 saturated carbocycles. The van der Waals surface area contributed by atoms with Crippen molar-refractivity contribution in [1.82, 2.24) is 5.32 Å². The summed E-state index contributed by atoms with van der Waals surface area (Å²) in [6.07, 6.45) is 1.22. The Morgan fingerprint density at radius 3 is 2.74 bits per heavy atom. The van der Waals surface area contributed by atoms with Crippen LogP contribution in [0.1, 0.15) is 38.9 Å². The van der Waals surface area contributed by atoms with Crippen LogP contribution in [0.4, 0.5) is 4.39 Å². The molecule has 0 aromatic heterocycles. The molecule has 0 bridgehead atoms. The Kier molecular flexibility index (Phi) is 4.64. The average molecular weight is 330 g/mol. The first-order valence-electron chi connectivity index (χ1n) is 6.66. The number of morpholine rings is 1. The molecule has 0 radical (unpaired) electrons. The number of hydrogen-bond acceptors (Lipinski definition) is 2. The third kappa shape index (κ3) is 4.26. The summed E-state index contributed by atoms with van der Waals surface area (Å²) in [6.45, 7) is 8.31. The molecule has 2 unspecified atom stereocenters. The van der Waals surface area contributed by atoms with Crippen LogP contribution in [0.15, 0.2) is 22.7 Å². The predicted molar refractivity (Wildman–Crippen MR) is 78.7 cm³/mol. The molecule has 2 nitrogen and oxygen atoms in total. The molecule has 1 saturated heterocycles. The zero-order valence-electron chi connectivity index (χ0n) is 11.7. The normalized spacial score (nSPS) is 24.5. The molecular formula is C15H21BrFNO. The molecule has 1 aromatic carbocycles. The Hall–Kier alpha value is -0.450. The Bertz CT molecular complexity index is 444. The van der Waals surface area contributed by atoms with Crippen molar-refractivity contribution in [2.45, 2.75) is 39.4 Å². The van der Waals surface area contributed by atoms with Crippen LogP contribution in [0, 0.1) is 11.2 Å². The zero-order valence-corrected chi connectivity index (χ0v) is 13.3. The molecule has 2 atom stereocenters. The Morgan fingerprint density at radius 2 is 2.11 bits per heavy atom. The predicted octanol–water partition coefficient (Wildman–Crippen LogP) is 4.05. The lowest BCUT2D eigenvalue weighted by atomic mass is 9.88. The van der Waals surface area contributed by atoms with Crippen molar-refractivity contribution in [1.29, 1.82) is 0 Å². The molecule has 0 spiro atoms. The van der Waals surface area contributed by atoms with Crippen molar-refractivity contribution in [3.8, 4) is 0 Å². The van der Waals surface area contributed by atoms with E-state index in [0.29, 0.717) is 4.47 Å². The number of hydrogen-bond donors (Lipinski definition) is 1. The molecule has 0 amide bonds. The monoisotopic (exact) mass is 329 g/mol. The second kappa shape index (κ2) is 5.90. The molecule has 2 rings (SSSR count). The summed E-state index contributed by atoms with van der Waals surface area (Å²) in [5, 5.41) is 3.41. The molecular weight excluding hydrogens is 309 g/mol. The van der Waals surface area contributed by atoms with Gasteiger partial charge < -0.3 is 10.1 Å². The van der Waals surface area contributed by atoms with Gasteiger partial charge in [-0.15, -0.1) is 0 Å². The highest BCUT2D eigenvalue weighted by Gasteiger charge is 2.27. The standard InChI is InChI=1S/C15H21BrFNO/c1-15(2,3)7-11-8-18-9-14(19-11)10-4-5-13(17)12(16)6-10/h4-6,11,14,18H,7-9H2,1-3H3. The van der Waals surface area contributed by atoms with Gasteiger partial charge in [0, 0.05) is 13.1 Å². The maximum absolute atomic E-state index is 13.3. The first kappa shape index (κ1) is 14.9. The fraction of sp³-hybridized carbons (Fsp3) is 0.600. The SMILES string of the molecule is CC(C)(C)CC1CNCC(c2ccc(F)c(Br)c2)O1. The number of benzene rings is 1. The summed E-state index contributed by atoms with van der Waals surface area (Å²) < 4.78 is 19.9. The van der Waals surface area contributed by atoms with Gasteiger partial charge in [-0.05, 0) is 45.5 Å². The quantitative estimate of drug-likeness (QED) is 0.883. The van der Waals surface area contributed by atoms with Gasteiger partial charge in [-0.25, -0.2) is 4.39 Å². The third-order valence-electron chi connectivity index (χ3n) is 3.21. The minimum Gasteiger partial charge on any atom is -0.368 e. The lowest BCUT2D eigenvalue weighted by Gasteiger charge is -2.34. The maximum atomic E-state index is 13.3. The lowest BCUT2D eigenvalue weighted by Crippen LogP contribution is -2.42. The van der Waals surface area contributed by atoms with E-state index in [1.54, 1.807) is 12.1 Å². The van der Waals surface area contributed by atoms with Gasteiger partial charge in [0.15, 0.2) is 0 Å². The first-order chi connectivity index (χ1) is 8.85. The van der Waals surface area contributed by atoms with Crippen LogP contribution < -0.4 is 5.32 Å². The molecule has 1 heterocycles. The molecule has 19 heavy (non-hydrogen) atoms. The largest absolute Gasteiger partial charge is 0.368 e. The molecule has 1 aromatic rings. The van der Waals surface area contributed by atoms with Crippen LogP contribution in [0.3, 0.4) is 0 Å². The summed E-state index contributed by atoms with van der Waals surface area (Å²) in [5.41, 5.74) is 1.26. The topological polar surface area (TPSA) is 21.3 Å². The maximum Gasteiger partial charge on any atom is 0.137 e. The van der Waals surface area contributed by atoms with Crippen molar-refractivity contribution >= 4 is 15.9 Å². The highest BCUT2D eigenvalue weighted by atomic mass is 79.9. The summed E-state index contributed by atoms with van der Waals surface area (Å²) in [7, 11) is 0. The van der Waals surface area contributed by atoms with E-state index in [1.807, 2.05) is 0 Å². The summed E-state index contributed by atoms with van der Waals surface area (Å²) in [5.74, 6) is -0.237. The van der Waals surface area contributed by atoms with Crippen LogP contribution in [0.25, 0.3) is 0 Å². The number of halogens is 2. The second-order valence-corrected chi connectivity index (χ2v) is 7.20. The van der Waals surface area contributed by atoms with Crippen molar-refractivity contribution in [2.24, 2.45) is 5.41 Å². The third-order valence-corrected chi connectivity index (χ3v) is 3.82. The average Bonchev–Trinajstić information content (AvgIpc) is 2.31. The van der Waals surface area contributed by atoms with Crippen LogP contribution in [0.5, 0.6) is 0 Å². The van der Waals surface area contributed by atoms with Crippen LogP contribution in [-0.2, 0) is 4.74 Å². The van der Waals surface area contributed by atoms with Crippen molar-refractivity contribution in [2.75, 3.05) is 13.1 Å². The minimum absolute atomic E-state index is 0.00185. The fourth-order valence-electron chi connectivity index (χ4n) is 2.42. The number of rotatable bonds is 2. The van der Waals surface area contributed by atoms with Crippen molar-refractivity contribution in [3.05, 3.63) is 34.1 Å². The highest BCUT2D eigenvalue weighted by molar-refractivity contribution is 9.10. The van der Waals surface area contributed by atoms with Gasteiger partial charge in [0.2, 0.25) is 0 Å². The van der Waals surface area contributed by atoms with Crippen LogP contribution in [-0.4, -0.2) is 19.2 Å². The summed E-state index contributed by atoms with van der Waals surface area (Å²) >= 11 is 3.23. The van der Waals surface area contributed by atoms with Gasteiger partial charge >= 0.3 is 0 Å². The molecule has 1 fully saturated rings. The van der Waals surface area contributed by atoms with E-state index in [1.165, 1.54) is 6.07 Å². The van der Waals surface area contributed by atoms with E-state index < -0.39 is 0 Å². The first-order valence-corrected chi connectivity index (χ1v) is 7.45. The van der Waals surface area contributed by atoms with Gasteiger partial charge in [0.1, 0.15) is 5.82 Å². The Balaban J connectivity index is 2.06. The van der Waals surface area contributed by atoms with Gasteiger partial charge in [-0.3, -0.25) is 0 Å². The van der Waals surface area contributed by atoms with E-state index in [9.17, 15) is 4.39 Å². The molecule has 1 aliphatic rings. The second-order valence-electron chi connectivity index (χ2n) is 6.34. The molecule has 0 aliphatic carbocycles. The summed E-state index contributed by atoms with van der Waals surface area (Å²) in [6, 6.07) is 5.09. The smallest absolute Gasteiger partial charge is 0.137 e. The Morgan fingerprint density at radius 1 is 1.37 bits per heavy atom. The van der Waals surface area contributed by atoms with E-state index in [2.05, 4.69) is 42.0 Å². The molecule has 106 valence electrons. The van der Waals surface area contributed by atoms with E-state index in [0.717, 1.165) is 25.1 Å². The van der Waals surface area contributed by atoms with E-state index >= 15 is 0 Å². The van der Waals surface area contributed by atoms with Crippen molar-refractivity contribution in [3.63, 3.8) is 0 Å². The van der Waals surface area contributed by atoms with E-state index in [4.69, 9.17) is 4.74 Å². The van der Waals surface area contributed by atoms with Gasteiger partial charge in [-0.1, -0.05) is 26.8 Å². The highest BCUT2D eigenvalue weighted by Crippen LogP contribution is 2.30. The number of nitrogens with one attached hydrogen (secondary N) is 1. The van der Waals surface area contributed by atoms with Gasteiger partial charge in [0.05, 0.1) is 16.7 Å². The summed E-state index contributed by atoms with van der Waals surface area (Å²) in [4.78, 5) is 0. The molecule has 1 aliphatic heterocycles. The van der Waals surface area contributed by atoms with Crippen molar-refractivity contribution < 1.29 is 9.13 Å². The minimum atomic E-state index is -0.237. The Labute approximate surface area is 122 Å². The van der Waals surface area contributed by atoms with E-state index in [-0.39, 0.29) is 23.4 Å². The lowest BCUT2D eigenvalue weighted by molar-refractivity contribution is -0.0552. The molecule has 1 N–H and O–H groups in total. The van der Waals surface area contributed by atoms with Gasteiger partial charge in [0.25, 0.3) is 0 Å². The number of ether oxygens (including phenoxy) is 1. The van der Waals surface area contributed by atoms with Crippen LogP contribution >= 0.6 is 15.9 Å². The molecule has 4 heteroatoms. The zero-order chi connectivity index (χ0) is 14.0. The fourth-order valence-corrected chi connectivity index (χ4v) is 2.81.